The highest BCUT2D eigenvalue weighted by Crippen LogP contribution is 2.23. The summed E-state index contributed by atoms with van der Waals surface area (Å²) in [6.07, 6.45) is 2.59. The Hall–Kier alpha value is -0.820. The Morgan fingerprint density at radius 2 is 1.47 bits per heavy atom. The van der Waals surface area contributed by atoms with Crippen molar-refractivity contribution in [2.75, 3.05) is 13.1 Å². The molecule has 1 heteroatoms. The minimum atomic E-state index is 0.654. The van der Waals surface area contributed by atoms with E-state index < -0.39 is 0 Å². The number of nitrogens with one attached hydrogen (secondary N) is 1. The summed E-state index contributed by atoms with van der Waals surface area (Å²) in [5.74, 6) is 2.17. The zero-order valence-corrected chi connectivity index (χ0v) is 13.4. The van der Waals surface area contributed by atoms with Gasteiger partial charge in [-0.3, -0.25) is 0 Å². The lowest BCUT2D eigenvalue weighted by Gasteiger charge is -2.20. The van der Waals surface area contributed by atoms with Gasteiger partial charge in [0.25, 0.3) is 0 Å². The quantitative estimate of drug-likeness (QED) is 0.711. The van der Waals surface area contributed by atoms with Crippen molar-refractivity contribution >= 4 is 0 Å². The van der Waals surface area contributed by atoms with Gasteiger partial charge in [-0.05, 0) is 43.2 Å². The van der Waals surface area contributed by atoms with E-state index in [1.807, 2.05) is 0 Å². The molecule has 1 rings (SSSR count). The molecule has 0 aliphatic heterocycles. The molecule has 1 nitrogen and oxygen atoms in total. The molecule has 1 aromatic rings. The van der Waals surface area contributed by atoms with Crippen LogP contribution in [0.25, 0.3) is 0 Å². The molecule has 1 unspecified atom stereocenters. The average Bonchev–Trinajstić information content (AvgIpc) is 2.34. The van der Waals surface area contributed by atoms with Gasteiger partial charge < -0.3 is 5.32 Å². The summed E-state index contributed by atoms with van der Waals surface area (Å²) in [4.78, 5) is 0. The third-order valence-electron chi connectivity index (χ3n) is 3.58. The second kappa shape index (κ2) is 8.37. The van der Waals surface area contributed by atoms with E-state index in [-0.39, 0.29) is 0 Å². The van der Waals surface area contributed by atoms with Crippen molar-refractivity contribution in [1.29, 1.82) is 0 Å². The molecule has 1 atom stereocenters. The maximum absolute atomic E-state index is 3.62. The van der Waals surface area contributed by atoms with Crippen molar-refractivity contribution in [3.63, 3.8) is 0 Å². The van der Waals surface area contributed by atoms with E-state index in [1.165, 1.54) is 24.0 Å². The van der Waals surface area contributed by atoms with Crippen LogP contribution < -0.4 is 5.32 Å². The smallest absolute Gasteiger partial charge is 0.00202 e. The van der Waals surface area contributed by atoms with Gasteiger partial charge in [0.15, 0.2) is 0 Å². The lowest BCUT2D eigenvalue weighted by Crippen LogP contribution is -2.25. The number of rotatable bonds is 8. The minimum Gasteiger partial charge on any atom is -0.316 e. The summed E-state index contributed by atoms with van der Waals surface area (Å²) < 4.78 is 0. The molecule has 1 aromatic carbocycles. The third kappa shape index (κ3) is 6.77. The maximum Gasteiger partial charge on any atom is 0.00202 e. The fourth-order valence-corrected chi connectivity index (χ4v) is 2.31. The molecule has 0 fully saturated rings. The number of benzene rings is 1. The molecule has 0 bridgehead atoms. The Morgan fingerprint density at radius 3 is 2.00 bits per heavy atom. The molecule has 1 N–H and O–H groups in total. The van der Waals surface area contributed by atoms with E-state index >= 15 is 0 Å². The Balaban J connectivity index is 2.59. The molecule has 0 spiro atoms. The average molecular weight is 261 g/mol. The van der Waals surface area contributed by atoms with Gasteiger partial charge in [0.1, 0.15) is 0 Å². The van der Waals surface area contributed by atoms with Crippen molar-refractivity contribution in [2.24, 2.45) is 11.8 Å². The molecule has 0 aromatic heterocycles. The largest absolute Gasteiger partial charge is 0.316 e. The van der Waals surface area contributed by atoms with Crippen LogP contribution in [0.15, 0.2) is 24.3 Å². The Kier molecular flexibility index (Phi) is 7.15. The van der Waals surface area contributed by atoms with Crippen LogP contribution in [0.4, 0.5) is 0 Å². The SMILES string of the molecule is Cc1ccc(C(CCC(C)C)CNCC(C)C)cc1. The van der Waals surface area contributed by atoms with E-state index in [0.29, 0.717) is 5.92 Å². The van der Waals surface area contributed by atoms with E-state index in [2.05, 4.69) is 64.2 Å². The summed E-state index contributed by atoms with van der Waals surface area (Å²) >= 11 is 0. The van der Waals surface area contributed by atoms with Crippen molar-refractivity contribution < 1.29 is 0 Å². The normalized spacial score (nSPS) is 13.2. The molecule has 0 saturated heterocycles. The Bertz CT molecular complexity index is 337. The summed E-state index contributed by atoms with van der Waals surface area (Å²) in [6, 6.07) is 9.08. The van der Waals surface area contributed by atoms with Crippen LogP contribution in [-0.4, -0.2) is 13.1 Å². The minimum absolute atomic E-state index is 0.654. The lowest BCUT2D eigenvalue weighted by atomic mass is 9.90. The van der Waals surface area contributed by atoms with Crippen LogP contribution in [0.3, 0.4) is 0 Å². The standard InChI is InChI=1S/C18H31N/c1-14(2)6-9-18(13-19-12-15(3)4)17-10-7-16(5)8-11-17/h7-8,10-11,14-15,18-19H,6,9,12-13H2,1-5H3. The van der Waals surface area contributed by atoms with Gasteiger partial charge in [0, 0.05) is 6.54 Å². The highest BCUT2D eigenvalue weighted by Gasteiger charge is 2.12. The monoisotopic (exact) mass is 261 g/mol. The molecule has 0 radical (unpaired) electrons. The zero-order chi connectivity index (χ0) is 14.3. The topological polar surface area (TPSA) is 12.0 Å². The van der Waals surface area contributed by atoms with Gasteiger partial charge >= 0.3 is 0 Å². The van der Waals surface area contributed by atoms with Crippen LogP contribution in [0.2, 0.25) is 0 Å². The summed E-state index contributed by atoms with van der Waals surface area (Å²) in [7, 11) is 0. The Labute approximate surface area is 119 Å². The predicted molar refractivity (Wildman–Crippen MR) is 85.7 cm³/mol. The van der Waals surface area contributed by atoms with E-state index in [4.69, 9.17) is 0 Å². The van der Waals surface area contributed by atoms with E-state index in [0.717, 1.165) is 24.9 Å². The molecule has 19 heavy (non-hydrogen) atoms. The number of aryl methyl sites for hydroxylation is 1. The maximum atomic E-state index is 3.62. The first kappa shape index (κ1) is 16.2. The highest BCUT2D eigenvalue weighted by atomic mass is 14.9. The van der Waals surface area contributed by atoms with Gasteiger partial charge in [0.2, 0.25) is 0 Å². The fraction of sp³-hybridized carbons (Fsp3) is 0.667. The van der Waals surface area contributed by atoms with Crippen LogP contribution >= 0.6 is 0 Å². The third-order valence-corrected chi connectivity index (χ3v) is 3.58. The van der Waals surface area contributed by atoms with E-state index in [9.17, 15) is 0 Å². The molecule has 0 amide bonds. The van der Waals surface area contributed by atoms with Gasteiger partial charge in [-0.1, -0.05) is 63.9 Å². The number of hydrogen-bond donors (Lipinski definition) is 1. The molecule has 0 aliphatic carbocycles. The highest BCUT2D eigenvalue weighted by molar-refractivity contribution is 5.24. The van der Waals surface area contributed by atoms with Crippen LogP contribution in [0.5, 0.6) is 0 Å². The fourth-order valence-electron chi connectivity index (χ4n) is 2.31. The summed E-state index contributed by atoms with van der Waals surface area (Å²) in [6.45, 7) is 13.5. The molecular weight excluding hydrogens is 230 g/mol. The van der Waals surface area contributed by atoms with Crippen LogP contribution in [0, 0.1) is 18.8 Å². The van der Waals surface area contributed by atoms with Gasteiger partial charge in [-0.25, -0.2) is 0 Å². The molecule has 0 saturated carbocycles. The lowest BCUT2D eigenvalue weighted by molar-refractivity contribution is 0.459. The molecular formula is C18H31N. The summed E-state index contributed by atoms with van der Waals surface area (Å²) in [5, 5.41) is 3.62. The first-order chi connectivity index (χ1) is 8.99. The first-order valence-corrected chi connectivity index (χ1v) is 7.76. The zero-order valence-electron chi connectivity index (χ0n) is 13.4. The van der Waals surface area contributed by atoms with E-state index in [1.54, 1.807) is 0 Å². The predicted octanol–water partition coefficient (Wildman–Crippen LogP) is 4.76. The Morgan fingerprint density at radius 1 is 0.842 bits per heavy atom. The van der Waals surface area contributed by atoms with Crippen molar-refractivity contribution in [3.8, 4) is 0 Å². The summed E-state index contributed by atoms with van der Waals surface area (Å²) in [5.41, 5.74) is 2.84. The van der Waals surface area contributed by atoms with Gasteiger partial charge in [-0.15, -0.1) is 0 Å². The van der Waals surface area contributed by atoms with Crippen molar-refractivity contribution in [1.82, 2.24) is 5.32 Å². The van der Waals surface area contributed by atoms with Crippen molar-refractivity contribution in [3.05, 3.63) is 35.4 Å². The molecule has 0 heterocycles. The molecule has 108 valence electrons. The number of hydrogen-bond acceptors (Lipinski definition) is 1. The second-order valence-corrected chi connectivity index (χ2v) is 6.63. The van der Waals surface area contributed by atoms with Crippen LogP contribution in [0.1, 0.15) is 57.6 Å². The van der Waals surface area contributed by atoms with Crippen LogP contribution in [-0.2, 0) is 0 Å². The molecule has 0 aliphatic rings. The van der Waals surface area contributed by atoms with Gasteiger partial charge in [0.05, 0.1) is 0 Å². The second-order valence-electron chi connectivity index (χ2n) is 6.63. The first-order valence-electron chi connectivity index (χ1n) is 7.76. The van der Waals surface area contributed by atoms with Crippen molar-refractivity contribution in [2.45, 2.75) is 53.4 Å². The van der Waals surface area contributed by atoms with Gasteiger partial charge in [-0.2, -0.15) is 0 Å².